The Kier molecular flexibility index (Phi) is 12.1. The Balaban J connectivity index is 2.27. The molecule has 0 saturated heterocycles. The summed E-state index contributed by atoms with van der Waals surface area (Å²) < 4.78 is 0. The molecular weight excluding hydrogens is 266 g/mol. The first kappa shape index (κ1) is 19.2. The zero-order valence-corrected chi connectivity index (χ0v) is 15.0. The molecule has 0 spiro atoms. The highest BCUT2D eigenvalue weighted by atomic mass is 15.1. The molecule has 1 rings (SSSR count). The summed E-state index contributed by atoms with van der Waals surface area (Å²) in [5, 5.41) is 0. The molecule has 0 aliphatic heterocycles. The van der Waals surface area contributed by atoms with E-state index in [1.165, 1.54) is 82.9 Å². The number of hydrogen-bond donors (Lipinski definition) is 0. The molecule has 0 N–H and O–H groups in total. The lowest BCUT2D eigenvalue weighted by atomic mass is 10.1. The summed E-state index contributed by atoms with van der Waals surface area (Å²) in [5.41, 5.74) is 1.46. The minimum absolute atomic E-state index is 1.13. The third-order valence-electron chi connectivity index (χ3n) is 4.40. The number of nitrogens with zero attached hydrogens (tertiary/aromatic N) is 1. The standard InChI is InChI=1S/C21H37N/c1-3-5-7-9-10-15-19-22(18-14-8-6-4-2)20-21-16-12-11-13-17-21/h11-13,16-17H,3-10,14-15,18-20H2,1-2H3. The van der Waals surface area contributed by atoms with Crippen molar-refractivity contribution in [3.8, 4) is 0 Å². The largest absolute Gasteiger partial charge is 0.299 e. The molecule has 0 heterocycles. The van der Waals surface area contributed by atoms with Crippen molar-refractivity contribution in [1.29, 1.82) is 0 Å². The minimum Gasteiger partial charge on any atom is -0.299 e. The molecule has 126 valence electrons. The summed E-state index contributed by atoms with van der Waals surface area (Å²) in [7, 11) is 0. The predicted octanol–water partition coefficient (Wildman–Crippen LogP) is 6.43. The van der Waals surface area contributed by atoms with Crippen molar-refractivity contribution >= 4 is 0 Å². The fraction of sp³-hybridized carbons (Fsp3) is 0.714. The third kappa shape index (κ3) is 10.00. The molecule has 0 atom stereocenters. The van der Waals surface area contributed by atoms with Crippen molar-refractivity contribution in [2.75, 3.05) is 13.1 Å². The van der Waals surface area contributed by atoms with E-state index in [9.17, 15) is 0 Å². The Morgan fingerprint density at radius 2 is 1.14 bits per heavy atom. The average Bonchev–Trinajstić information content (AvgIpc) is 2.55. The maximum Gasteiger partial charge on any atom is 0.0233 e. The van der Waals surface area contributed by atoms with Gasteiger partial charge in [0.25, 0.3) is 0 Å². The molecule has 0 aliphatic carbocycles. The van der Waals surface area contributed by atoms with Gasteiger partial charge in [-0.3, -0.25) is 4.90 Å². The summed E-state index contributed by atoms with van der Waals surface area (Å²) in [6, 6.07) is 11.0. The second-order valence-corrected chi connectivity index (χ2v) is 6.59. The fourth-order valence-corrected chi connectivity index (χ4v) is 2.99. The van der Waals surface area contributed by atoms with Crippen LogP contribution in [0.5, 0.6) is 0 Å². The Morgan fingerprint density at radius 1 is 0.636 bits per heavy atom. The van der Waals surface area contributed by atoms with E-state index >= 15 is 0 Å². The number of rotatable bonds is 14. The van der Waals surface area contributed by atoms with Gasteiger partial charge in [-0.25, -0.2) is 0 Å². The third-order valence-corrected chi connectivity index (χ3v) is 4.40. The summed E-state index contributed by atoms with van der Waals surface area (Å²) in [5.74, 6) is 0. The summed E-state index contributed by atoms with van der Waals surface area (Å²) in [6.45, 7) is 8.24. The van der Waals surface area contributed by atoms with Gasteiger partial charge in [0.1, 0.15) is 0 Å². The van der Waals surface area contributed by atoms with Gasteiger partial charge in [-0.05, 0) is 31.5 Å². The van der Waals surface area contributed by atoms with Crippen LogP contribution in [0.25, 0.3) is 0 Å². The molecule has 22 heavy (non-hydrogen) atoms. The van der Waals surface area contributed by atoms with Gasteiger partial charge in [-0.15, -0.1) is 0 Å². The van der Waals surface area contributed by atoms with E-state index in [-0.39, 0.29) is 0 Å². The zero-order chi connectivity index (χ0) is 15.9. The van der Waals surface area contributed by atoms with Crippen LogP contribution in [0.1, 0.15) is 83.6 Å². The van der Waals surface area contributed by atoms with Crippen molar-refractivity contribution in [2.24, 2.45) is 0 Å². The number of hydrogen-bond acceptors (Lipinski definition) is 1. The van der Waals surface area contributed by atoms with Gasteiger partial charge >= 0.3 is 0 Å². The molecule has 0 amide bonds. The zero-order valence-electron chi connectivity index (χ0n) is 15.0. The highest BCUT2D eigenvalue weighted by Crippen LogP contribution is 2.11. The fourth-order valence-electron chi connectivity index (χ4n) is 2.99. The van der Waals surface area contributed by atoms with E-state index < -0.39 is 0 Å². The maximum absolute atomic E-state index is 2.67. The second kappa shape index (κ2) is 13.8. The average molecular weight is 304 g/mol. The number of benzene rings is 1. The molecule has 1 heteroatoms. The first-order valence-corrected chi connectivity index (χ1v) is 9.63. The Hall–Kier alpha value is -0.820. The van der Waals surface area contributed by atoms with Crippen molar-refractivity contribution in [3.63, 3.8) is 0 Å². The first-order chi connectivity index (χ1) is 10.9. The van der Waals surface area contributed by atoms with Gasteiger partial charge in [0, 0.05) is 6.54 Å². The highest BCUT2D eigenvalue weighted by Gasteiger charge is 2.05. The SMILES string of the molecule is CCCCCCCCN(CCCCCC)Cc1ccccc1. The van der Waals surface area contributed by atoms with Crippen LogP contribution in [0, 0.1) is 0 Å². The van der Waals surface area contributed by atoms with Crippen LogP contribution in [0.4, 0.5) is 0 Å². The van der Waals surface area contributed by atoms with Crippen LogP contribution in [0.3, 0.4) is 0 Å². The molecule has 1 aromatic rings. The van der Waals surface area contributed by atoms with E-state index in [0.717, 1.165) is 6.54 Å². The summed E-state index contributed by atoms with van der Waals surface area (Å²) >= 11 is 0. The molecule has 0 unspecified atom stereocenters. The Labute approximate surface area is 139 Å². The van der Waals surface area contributed by atoms with Gasteiger partial charge in [0.05, 0.1) is 0 Å². The smallest absolute Gasteiger partial charge is 0.0233 e. The predicted molar refractivity (Wildman–Crippen MR) is 99.2 cm³/mol. The lowest BCUT2D eigenvalue weighted by Crippen LogP contribution is -2.25. The lowest BCUT2D eigenvalue weighted by molar-refractivity contribution is 0.252. The molecule has 0 aliphatic rings. The second-order valence-electron chi connectivity index (χ2n) is 6.59. The van der Waals surface area contributed by atoms with Gasteiger partial charge in [0.15, 0.2) is 0 Å². The molecule has 0 aromatic heterocycles. The number of unbranched alkanes of at least 4 members (excludes halogenated alkanes) is 8. The first-order valence-electron chi connectivity index (χ1n) is 9.63. The summed E-state index contributed by atoms with van der Waals surface area (Å²) in [6.07, 6.45) is 13.8. The monoisotopic (exact) mass is 303 g/mol. The van der Waals surface area contributed by atoms with E-state index in [0.29, 0.717) is 0 Å². The molecule has 0 bridgehead atoms. The molecule has 1 nitrogen and oxygen atoms in total. The van der Waals surface area contributed by atoms with Crippen LogP contribution in [0.15, 0.2) is 30.3 Å². The van der Waals surface area contributed by atoms with Crippen molar-refractivity contribution in [3.05, 3.63) is 35.9 Å². The van der Waals surface area contributed by atoms with E-state index in [2.05, 4.69) is 49.1 Å². The van der Waals surface area contributed by atoms with Crippen molar-refractivity contribution in [2.45, 2.75) is 84.6 Å². The van der Waals surface area contributed by atoms with Crippen LogP contribution in [-0.4, -0.2) is 18.0 Å². The molecule has 0 fully saturated rings. The van der Waals surface area contributed by atoms with E-state index in [4.69, 9.17) is 0 Å². The lowest BCUT2D eigenvalue weighted by Gasteiger charge is -2.22. The van der Waals surface area contributed by atoms with Crippen LogP contribution >= 0.6 is 0 Å². The Bertz CT molecular complexity index is 333. The van der Waals surface area contributed by atoms with Crippen LogP contribution in [0.2, 0.25) is 0 Å². The van der Waals surface area contributed by atoms with Crippen molar-refractivity contribution < 1.29 is 0 Å². The molecule has 1 aromatic carbocycles. The van der Waals surface area contributed by atoms with Crippen molar-refractivity contribution in [1.82, 2.24) is 4.90 Å². The van der Waals surface area contributed by atoms with Gasteiger partial charge in [-0.2, -0.15) is 0 Å². The molecule has 0 saturated carbocycles. The normalized spacial score (nSPS) is 11.2. The van der Waals surface area contributed by atoms with Crippen LogP contribution < -0.4 is 0 Å². The quantitative estimate of drug-likeness (QED) is 0.358. The molecular formula is C21H37N. The highest BCUT2D eigenvalue weighted by molar-refractivity contribution is 5.14. The topological polar surface area (TPSA) is 3.24 Å². The van der Waals surface area contributed by atoms with Crippen LogP contribution in [-0.2, 0) is 6.54 Å². The van der Waals surface area contributed by atoms with Gasteiger partial charge < -0.3 is 0 Å². The van der Waals surface area contributed by atoms with Gasteiger partial charge in [0.2, 0.25) is 0 Å². The van der Waals surface area contributed by atoms with E-state index in [1.54, 1.807) is 0 Å². The van der Waals surface area contributed by atoms with Gasteiger partial charge in [-0.1, -0.05) is 95.5 Å². The Morgan fingerprint density at radius 3 is 1.73 bits per heavy atom. The minimum atomic E-state index is 1.13. The molecule has 0 radical (unpaired) electrons. The van der Waals surface area contributed by atoms with E-state index in [1.807, 2.05) is 0 Å². The summed E-state index contributed by atoms with van der Waals surface area (Å²) in [4.78, 5) is 2.67. The maximum atomic E-state index is 2.67.